The summed E-state index contributed by atoms with van der Waals surface area (Å²) in [5.41, 5.74) is 4.09. The van der Waals surface area contributed by atoms with E-state index in [9.17, 15) is 0 Å². The lowest BCUT2D eigenvalue weighted by molar-refractivity contribution is 0.207. The Morgan fingerprint density at radius 2 is 1.75 bits per heavy atom. The molecule has 2 nitrogen and oxygen atoms in total. The van der Waals surface area contributed by atoms with Crippen LogP contribution in [-0.4, -0.2) is 49.3 Å². The molecule has 0 aromatic heterocycles. The molecule has 0 bridgehead atoms. The van der Waals surface area contributed by atoms with Gasteiger partial charge in [-0.25, -0.2) is 0 Å². The van der Waals surface area contributed by atoms with E-state index in [0.29, 0.717) is 0 Å². The Balaban J connectivity index is 1.83. The van der Waals surface area contributed by atoms with Crippen molar-refractivity contribution in [2.24, 2.45) is 0 Å². The Hall–Kier alpha value is -1.36. The van der Waals surface area contributed by atoms with Crippen LogP contribution in [-0.2, 0) is 0 Å². The molecular formula is C20H22N2S2. The second-order valence-electron chi connectivity index (χ2n) is 6.32. The summed E-state index contributed by atoms with van der Waals surface area (Å²) in [5, 5.41) is 0. The molecule has 4 rings (SSSR count). The van der Waals surface area contributed by atoms with Gasteiger partial charge in [0.1, 0.15) is 0 Å². The summed E-state index contributed by atoms with van der Waals surface area (Å²) in [7, 11) is 2.21. The SMILES string of the molecule is CSc1ccc2c(c1)C(N1CCN(C)CC1)=Cc1ccccc1S2. The fourth-order valence-electron chi connectivity index (χ4n) is 3.27. The molecule has 1 fully saturated rings. The molecule has 0 spiro atoms. The minimum absolute atomic E-state index is 1.10. The Kier molecular flexibility index (Phi) is 4.61. The average molecular weight is 355 g/mol. The van der Waals surface area contributed by atoms with E-state index in [2.05, 4.69) is 71.6 Å². The van der Waals surface area contributed by atoms with Crippen molar-refractivity contribution in [2.75, 3.05) is 39.5 Å². The normalized spacial score (nSPS) is 17.8. The van der Waals surface area contributed by atoms with E-state index in [1.165, 1.54) is 31.5 Å². The lowest BCUT2D eigenvalue weighted by atomic mass is 10.1. The zero-order chi connectivity index (χ0) is 16.5. The van der Waals surface area contributed by atoms with Crippen molar-refractivity contribution in [2.45, 2.75) is 14.7 Å². The minimum atomic E-state index is 1.10. The first-order valence-corrected chi connectivity index (χ1v) is 10.4. The third-order valence-electron chi connectivity index (χ3n) is 4.74. The molecule has 2 aromatic carbocycles. The monoisotopic (exact) mass is 354 g/mol. The summed E-state index contributed by atoms with van der Waals surface area (Å²) < 4.78 is 0. The van der Waals surface area contributed by atoms with Crippen molar-refractivity contribution in [3.05, 3.63) is 53.6 Å². The van der Waals surface area contributed by atoms with Gasteiger partial charge in [-0.15, -0.1) is 11.8 Å². The van der Waals surface area contributed by atoms with E-state index >= 15 is 0 Å². The van der Waals surface area contributed by atoms with Gasteiger partial charge in [0.15, 0.2) is 0 Å². The molecule has 0 aliphatic carbocycles. The van der Waals surface area contributed by atoms with Crippen LogP contribution in [0.5, 0.6) is 0 Å². The van der Waals surface area contributed by atoms with Gasteiger partial charge in [-0.2, -0.15) is 0 Å². The molecule has 124 valence electrons. The molecule has 0 radical (unpaired) electrons. The predicted molar refractivity (Wildman–Crippen MR) is 106 cm³/mol. The van der Waals surface area contributed by atoms with Gasteiger partial charge in [-0.1, -0.05) is 30.0 Å². The van der Waals surface area contributed by atoms with E-state index in [-0.39, 0.29) is 0 Å². The molecule has 2 aliphatic heterocycles. The summed E-state index contributed by atoms with van der Waals surface area (Å²) in [5.74, 6) is 0. The van der Waals surface area contributed by atoms with Crippen molar-refractivity contribution < 1.29 is 0 Å². The molecule has 2 aromatic rings. The Morgan fingerprint density at radius 1 is 0.958 bits per heavy atom. The largest absolute Gasteiger partial charge is 0.368 e. The van der Waals surface area contributed by atoms with Gasteiger partial charge in [0.25, 0.3) is 0 Å². The first kappa shape index (κ1) is 16.1. The van der Waals surface area contributed by atoms with Crippen LogP contribution in [0.25, 0.3) is 11.8 Å². The van der Waals surface area contributed by atoms with Crippen molar-refractivity contribution in [3.8, 4) is 0 Å². The number of benzene rings is 2. The summed E-state index contributed by atoms with van der Waals surface area (Å²) in [6.07, 6.45) is 4.54. The summed E-state index contributed by atoms with van der Waals surface area (Å²) in [6.45, 7) is 4.45. The highest BCUT2D eigenvalue weighted by molar-refractivity contribution is 7.99. The van der Waals surface area contributed by atoms with Gasteiger partial charge in [0, 0.05) is 52.1 Å². The van der Waals surface area contributed by atoms with E-state index in [4.69, 9.17) is 0 Å². The summed E-state index contributed by atoms with van der Waals surface area (Å²) in [6, 6.07) is 15.6. The van der Waals surface area contributed by atoms with Gasteiger partial charge in [0.05, 0.1) is 0 Å². The number of likely N-dealkylation sites (N-methyl/N-ethyl adjacent to an activating group) is 1. The van der Waals surface area contributed by atoms with Crippen molar-refractivity contribution >= 4 is 35.3 Å². The van der Waals surface area contributed by atoms with Crippen LogP contribution < -0.4 is 0 Å². The molecule has 0 N–H and O–H groups in total. The zero-order valence-corrected chi connectivity index (χ0v) is 15.8. The number of piperazine rings is 1. The average Bonchev–Trinajstić information content (AvgIpc) is 2.78. The Bertz CT molecular complexity index is 777. The maximum atomic E-state index is 2.56. The van der Waals surface area contributed by atoms with E-state index in [1.807, 2.05) is 23.5 Å². The minimum Gasteiger partial charge on any atom is -0.368 e. The first-order chi connectivity index (χ1) is 11.7. The van der Waals surface area contributed by atoms with Gasteiger partial charge in [0.2, 0.25) is 0 Å². The van der Waals surface area contributed by atoms with E-state index in [0.717, 1.165) is 26.2 Å². The third kappa shape index (κ3) is 3.10. The van der Waals surface area contributed by atoms with Crippen LogP contribution >= 0.6 is 23.5 Å². The second-order valence-corrected chi connectivity index (χ2v) is 8.29. The molecule has 1 saturated heterocycles. The quantitative estimate of drug-likeness (QED) is 0.726. The fourth-order valence-corrected chi connectivity index (χ4v) is 4.75. The molecule has 0 amide bonds. The predicted octanol–water partition coefficient (Wildman–Crippen LogP) is 4.62. The molecule has 0 atom stereocenters. The van der Waals surface area contributed by atoms with E-state index < -0.39 is 0 Å². The molecule has 2 aliphatic rings. The van der Waals surface area contributed by atoms with E-state index in [1.54, 1.807) is 0 Å². The van der Waals surface area contributed by atoms with Crippen LogP contribution in [0.1, 0.15) is 11.1 Å². The van der Waals surface area contributed by atoms with Crippen molar-refractivity contribution in [3.63, 3.8) is 0 Å². The standard InChI is InChI=1S/C20H22N2S2/c1-21-9-11-22(12-10-21)18-13-15-5-3-4-6-19(15)24-20-8-7-16(23-2)14-17(18)20/h3-8,13-14H,9-12H2,1-2H3. The van der Waals surface area contributed by atoms with Crippen molar-refractivity contribution in [1.82, 2.24) is 9.80 Å². The summed E-state index contributed by atoms with van der Waals surface area (Å²) in [4.78, 5) is 9.02. The smallest absolute Gasteiger partial charge is 0.0459 e. The molecule has 24 heavy (non-hydrogen) atoms. The van der Waals surface area contributed by atoms with Crippen molar-refractivity contribution in [1.29, 1.82) is 0 Å². The highest BCUT2D eigenvalue weighted by atomic mass is 32.2. The third-order valence-corrected chi connectivity index (χ3v) is 6.63. The number of hydrogen-bond donors (Lipinski definition) is 0. The van der Waals surface area contributed by atoms with Gasteiger partial charge < -0.3 is 9.80 Å². The van der Waals surface area contributed by atoms with Gasteiger partial charge in [-0.3, -0.25) is 0 Å². The number of thioether (sulfide) groups is 1. The number of rotatable bonds is 2. The van der Waals surface area contributed by atoms with Gasteiger partial charge >= 0.3 is 0 Å². The zero-order valence-electron chi connectivity index (χ0n) is 14.2. The molecule has 4 heteroatoms. The summed E-state index contributed by atoms with van der Waals surface area (Å²) >= 11 is 3.71. The lowest BCUT2D eigenvalue weighted by Crippen LogP contribution is -2.43. The Morgan fingerprint density at radius 3 is 2.54 bits per heavy atom. The number of hydrogen-bond acceptors (Lipinski definition) is 4. The molecule has 0 saturated carbocycles. The molecular weight excluding hydrogens is 332 g/mol. The van der Waals surface area contributed by atoms with Gasteiger partial charge in [-0.05, 0) is 49.2 Å². The highest BCUT2D eigenvalue weighted by Crippen LogP contribution is 2.42. The number of nitrogens with zero attached hydrogens (tertiary/aromatic N) is 2. The maximum Gasteiger partial charge on any atom is 0.0459 e. The topological polar surface area (TPSA) is 6.48 Å². The molecule has 0 unspecified atom stereocenters. The lowest BCUT2D eigenvalue weighted by Gasteiger charge is -2.36. The molecule has 2 heterocycles. The Labute approximate surface area is 152 Å². The first-order valence-electron chi connectivity index (χ1n) is 8.35. The van der Waals surface area contributed by atoms with Crippen LogP contribution in [0.4, 0.5) is 0 Å². The number of fused-ring (bicyclic) bond motifs is 2. The fraction of sp³-hybridized carbons (Fsp3) is 0.300. The van der Waals surface area contributed by atoms with Crippen LogP contribution in [0.15, 0.2) is 57.2 Å². The van der Waals surface area contributed by atoms with Crippen LogP contribution in [0, 0.1) is 0 Å². The second kappa shape index (κ2) is 6.87. The van der Waals surface area contributed by atoms with Crippen LogP contribution in [0.3, 0.4) is 0 Å². The highest BCUT2D eigenvalue weighted by Gasteiger charge is 2.23. The maximum absolute atomic E-state index is 2.56. The van der Waals surface area contributed by atoms with Crippen LogP contribution in [0.2, 0.25) is 0 Å².